The summed E-state index contributed by atoms with van der Waals surface area (Å²) in [5, 5.41) is 8.54. The predicted octanol–water partition coefficient (Wildman–Crippen LogP) is 3.50. The van der Waals surface area contributed by atoms with Gasteiger partial charge in [0.15, 0.2) is 0 Å². The van der Waals surface area contributed by atoms with Crippen molar-refractivity contribution in [3.63, 3.8) is 0 Å². The number of nitrogens with one attached hydrogen (secondary N) is 1. The summed E-state index contributed by atoms with van der Waals surface area (Å²) in [7, 11) is 0. The third-order valence-electron chi connectivity index (χ3n) is 4.88. The monoisotopic (exact) mass is 383 g/mol. The minimum absolute atomic E-state index is 0.123. The lowest BCUT2D eigenvalue weighted by molar-refractivity contribution is -0.122. The number of hydrogen-bond acceptors (Lipinski definition) is 3. The lowest BCUT2D eigenvalue weighted by Gasteiger charge is -2.20. The topological polar surface area (TPSA) is 64.0 Å². The molecular formula is C24H21N3O2. The highest BCUT2D eigenvalue weighted by Gasteiger charge is 2.16. The molecular weight excluding hydrogens is 362 g/mol. The Kier molecular flexibility index (Phi) is 5.47. The highest BCUT2D eigenvalue weighted by molar-refractivity contribution is 5.81. The van der Waals surface area contributed by atoms with Crippen molar-refractivity contribution in [1.82, 2.24) is 15.1 Å². The van der Waals surface area contributed by atoms with Gasteiger partial charge in [-0.25, -0.2) is 4.68 Å². The van der Waals surface area contributed by atoms with Crippen LogP contribution >= 0.6 is 0 Å². The summed E-state index contributed by atoms with van der Waals surface area (Å²) in [6.07, 6.45) is 2.28. The lowest BCUT2D eigenvalue weighted by Crippen LogP contribution is -2.36. The molecule has 1 atom stereocenters. The molecule has 0 unspecified atom stereocenters. The van der Waals surface area contributed by atoms with Gasteiger partial charge in [0.05, 0.1) is 17.6 Å². The van der Waals surface area contributed by atoms with Crippen LogP contribution in [0.5, 0.6) is 0 Å². The maximum Gasteiger partial charge on any atom is 0.275 e. The molecule has 1 aromatic heterocycles. The summed E-state index contributed by atoms with van der Waals surface area (Å²) in [6.45, 7) is -0.123. The number of hydrogen-bond donors (Lipinski definition) is 1. The summed E-state index contributed by atoms with van der Waals surface area (Å²) in [6, 6.07) is 26.9. The van der Waals surface area contributed by atoms with Crippen LogP contribution in [0.25, 0.3) is 10.8 Å². The molecule has 1 amide bonds. The van der Waals surface area contributed by atoms with Crippen LogP contribution in [0.15, 0.2) is 95.9 Å². The first-order valence-corrected chi connectivity index (χ1v) is 9.54. The van der Waals surface area contributed by atoms with Crippen molar-refractivity contribution in [3.8, 4) is 0 Å². The average Bonchev–Trinajstić information content (AvgIpc) is 2.77. The van der Waals surface area contributed by atoms with Crippen LogP contribution in [-0.2, 0) is 17.8 Å². The fraction of sp³-hybridized carbons (Fsp3) is 0.125. The van der Waals surface area contributed by atoms with E-state index in [1.54, 1.807) is 18.3 Å². The number of nitrogens with zero attached hydrogens (tertiary/aromatic N) is 2. The van der Waals surface area contributed by atoms with Crippen molar-refractivity contribution in [1.29, 1.82) is 0 Å². The SMILES string of the molecule is O=C(Cn1ncc2ccccc2c1=O)N[C@@H](Cc1ccccc1)c1ccccc1. The molecule has 4 rings (SSSR count). The van der Waals surface area contributed by atoms with E-state index in [1.165, 1.54) is 4.68 Å². The van der Waals surface area contributed by atoms with Gasteiger partial charge in [-0.1, -0.05) is 78.9 Å². The van der Waals surface area contributed by atoms with Crippen LogP contribution < -0.4 is 10.9 Å². The summed E-state index contributed by atoms with van der Waals surface area (Å²) in [4.78, 5) is 25.4. The summed E-state index contributed by atoms with van der Waals surface area (Å²) in [5.41, 5.74) is 1.88. The average molecular weight is 383 g/mol. The Morgan fingerprint density at radius 3 is 2.31 bits per heavy atom. The Labute approximate surface area is 168 Å². The predicted molar refractivity (Wildman–Crippen MR) is 113 cm³/mol. The summed E-state index contributed by atoms with van der Waals surface area (Å²) >= 11 is 0. The zero-order valence-corrected chi connectivity index (χ0v) is 15.9. The summed E-state index contributed by atoms with van der Waals surface area (Å²) in [5.74, 6) is -0.250. The molecule has 0 spiro atoms. The van der Waals surface area contributed by atoms with E-state index in [0.717, 1.165) is 16.5 Å². The van der Waals surface area contributed by atoms with Gasteiger partial charge in [-0.2, -0.15) is 5.10 Å². The zero-order chi connectivity index (χ0) is 20.1. The second-order valence-electron chi connectivity index (χ2n) is 6.92. The molecule has 5 nitrogen and oxygen atoms in total. The van der Waals surface area contributed by atoms with Crippen molar-refractivity contribution in [2.75, 3.05) is 0 Å². The van der Waals surface area contributed by atoms with Crippen molar-refractivity contribution in [3.05, 3.63) is 113 Å². The van der Waals surface area contributed by atoms with E-state index in [0.29, 0.717) is 11.8 Å². The standard InChI is InChI=1S/C24H21N3O2/c28-23(17-27-24(29)21-14-8-7-13-20(21)16-25-27)26-22(19-11-5-2-6-12-19)15-18-9-3-1-4-10-18/h1-14,16,22H,15,17H2,(H,26,28)/t22-/m0/s1. The van der Waals surface area contributed by atoms with Gasteiger partial charge < -0.3 is 5.32 Å². The normalized spacial score (nSPS) is 11.9. The molecule has 0 aliphatic heterocycles. The van der Waals surface area contributed by atoms with Gasteiger partial charge in [0.2, 0.25) is 5.91 Å². The van der Waals surface area contributed by atoms with Crippen molar-refractivity contribution in [2.24, 2.45) is 0 Å². The molecule has 0 bridgehead atoms. The molecule has 1 N–H and O–H groups in total. The molecule has 4 aromatic rings. The van der Waals surface area contributed by atoms with E-state index in [2.05, 4.69) is 10.4 Å². The van der Waals surface area contributed by atoms with E-state index in [9.17, 15) is 9.59 Å². The Hall–Kier alpha value is -3.73. The number of carbonyl (C=O) groups excluding carboxylic acids is 1. The van der Waals surface area contributed by atoms with E-state index in [-0.39, 0.29) is 24.1 Å². The molecule has 3 aromatic carbocycles. The number of rotatable bonds is 6. The molecule has 1 heterocycles. The Morgan fingerprint density at radius 1 is 0.897 bits per heavy atom. The fourth-order valence-corrected chi connectivity index (χ4v) is 3.40. The number of amides is 1. The molecule has 0 fully saturated rings. The lowest BCUT2D eigenvalue weighted by atomic mass is 9.99. The van der Waals surface area contributed by atoms with Crippen LogP contribution in [0, 0.1) is 0 Å². The number of carbonyl (C=O) groups is 1. The van der Waals surface area contributed by atoms with Gasteiger partial charge in [-0.15, -0.1) is 0 Å². The molecule has 29 heavy (non-hydrogen) atoms. The molecule has 0 aliphatic carbocycles. The minimum atomic E-state index is -0.266. The first-order valence-electron chi connectivity index (χ1n) is 9.54. The van der Waals surface area contributed by atoms with Crippen LogP contribution in [0.4, 0.5) is 0 Å². The zero-order valence-electron chi connectivity index (χ0n) is 15.9. The third kappa shape index (κ3) is 4.41. The number of benzene rings is 3. The largest absolute Gasteiger partial charge is 0.347 e. The van der Waals surface area contributed by atoms with Crippen LogP contribution in [-0.4, -0.2) is 15.7 Å². The van der Waals surface area contributed by atoms with Crippen molar-refractivity contribution in [2.45, 2.75) is 19.0 Å². The van der Waals surface area contributed by atoms with Crippen molar-refractivity contribution < 1.29 is 4.79 Å². The van der Waals surface area contributed by atoms with Gasteiger partial charge in [-0.05, 0) is 23.6 Å². The smallest absolute Gasteiger partial charge is 0.275 e. The van der Waals surface area contributed by atoms with Gasteiger partial charge in [-0.3, -0.25) is 9.59 Å². The maximum absolute atomic E-state index is 12.8. The quantitative estimate of drug-likeness (QED) is 0.554. The summed E-state index contributed by atoms with van der Waals surface area (Å²) < 4.78 is 1.21. The highest BCUT2D eigenvalue weighted by atomic mass is 16.2. The number of aromatic nitrogens is 2. The van der Waals surface area contributed by atoms with Gasteiger partial charge >= 0.3 is 0 Å². The Bertz CT molecular complexity index is 1170. The van der Waals surface area contributed by atoms with E-state index in [4.69, 9.17) is 0 Å². The fourth-order valence-electron chi connectivity index (χ4n) is 3.40. The minimum Gasteiger partial charge on any atom is -0.347 e. The highest BCUT2D eigenvalue weighted by Crippen LogP contribution is 2.18. The molecule has 0 radical (unpaired) electrons. The van der Waals surface area contributed by atoms with Gasteiger partial charge in [0.25, 0.3) is 5.56 Å². The van der Waals surface area contributed by atoms with E-state index in [1.807, 2.05) is 72.8 Å². The van der Waals surface area contributed by atoms with Crippen LogP contribution in [0.1, 0.15) is 17.2 Å². The molecule has 0 saturated heterocycles. The molecule has 0 saturated carbocycles. The first kappa shape index (κ1) is 18.6. The first-order chi connectivity index (χ1) is 14.2. The second-order valence-corrected chi connectivity index (χ2v) is 6.92. The maximum atomic E-state index is 12.8. The Morgan fingerprint density at radius 2 is 1.55 bits per heavy atom. The second kappa shape index (κ2) is 8.52. The molecule has 144 valence electrons. The van der Waals surface area contributed by atoms with E-state index >= 15 is 0 Å². The third-order valence-corrected chi connectivity index (χ3v) is 4.88. The number of fused-ring (bicyclic) bond motifs is 1. The molecule has 0 aliphatic rings. The van der Waals surface area contributed by atoms with Crippen LogP contribution in [0.2, 0.25) is 0 Å². The van der Waals surface area contributed by atoms with Gasteiger partial charge in [0.1, 0.15) is 6.54 Å². The van der Waals surface area contributed by atoms with Gasteiger partial charge in [0, 0.05) is 5.39 Å². The molecule has 5 heteroatoms. The van der Waals surface area contributed by atoms with Crippen molar-refractivity contribution >= 4 is 16.7 Å². The van der Waals surface area contributed by atoms with E-state index < -0.39 is 0 Å². The van der Waals surface area contributed by atoms with Crippen LogP contribution in [0.3, 0.4) is 0 Å². The Balaban J connectivity index is 1.55.